The molecule has 5 aliphatic rings. The van der Waals surface area contributed by atoms with Crippen molar-refractivity contribution in [1.29, 1.82) is 0 Å². The summed E-state index contributed by atoms with van der Waals surface area (Å²) in [6.07, 6.45) is 0.726. The third-order valence-corrected chi connectivity index (χ3v) is 22.4. The fourth-order valence-corrected chi connectivity index (χ4v) is 15.7. The summed E-state index contributed by atoms with van der Waals surface area (Å²) in [5.41, 5.74) is 0. The number of hydrogen-bond donors (Lipinski definition) is 8. The Kier molecular flexibility index (Phi) is 37.2. The molecule has 32 unspecified atom stereocenters. The number of hydrogen-bond acceptors (Lipinski definition) is 22. The third kappa shape index (κ3) is 26.8. The van der Waals surface area contributed by atoms with E-state index in [0.29, 0.717) is 64.2 Å². The van der Waals surface area contributed by atoms with Crippen LogP contribution < -0.4 is 0 Å². The predicted octanol–water partition coefficient (Wildman–Crippen LogP) is 7.91. The highest BCUT2D eigenvalue weighted by Crippen LogP contribution is 2.37. The van der Waals surface area contributed by atoms with Crippen molar-refractivity contribution in [3.8, 4) is 0 Å². The second-order valence-electron chi connectivity index (χ2n) is 30.0. The minimum Gasteiger partial charge on any atom is -0.462 e. The molecule has 560 valence electrons. The topological polar surface area (TPSA) is 307 Å². The van der Waals surface area contributed by atoms with Gasteiger partial charge >= 0.3 is 11.9 Å². The minimum absolute atomic E-state index is 0.0365. The first-order valence-electron chi connectivity index (χ1n) is 36.5. The summed E-state index contributed by atoms with van der Waals surface area (Å²) < 4.78 is 73.4. The molecule has 0 aliphatic carbocycles. The monoisotopic (exact) mass is 1370 g/mol. The molecule has 22 nitrogen and oxygen atoms in total. The van der Waals surface area contributed by atoms with Crippen LogP contribution in [0, 0.1) is 47.3 Å². The fourth-order valence-electron chi connectivity index (χ4n) is 15.7. The van der Waals surface area contributed by atoms with Crippen LogP contribution in [0.15, 0.2) is 24.3 Å². The molecule has 5 heterocycles. The van der Waals surface area contributed by atoms with Crippen LogP contribution in [0.5, 0.6) is 0 Å². The molecule has 5 rings (SSSR count). The maximum absolute atomic E-state index is 14.1. The van der Waals surface area contributed by atoms with Crippen LogP contribution in [0.2, 0.25) is 0 Å². The Hall–Kier alpha value is -2.30. The number of rotatable bonds is 18. The van der Waals surface area contributed by atoms with Crippen molar-refractivity contribution in [2.24, 2.45) is 47.3 Å². The number of carbonyl (C=O) groups is 2. The van der Waals surface area contributed by atoms with Gasteiger partial charge in [-0.25, -0.2) is 0 Å². The van der Waals surface area contributed by atoms with Gasteiger partial charge in [0.1, 0.15) is 12.2 Å². The highest BCUT2D eigenvalue weighted by atomic mass is 16.6. The first-order chi connectivity index (χ1) is 45.5. The smallest absolute Gasteiger partial charge is 0.308 e. The molecule has 0 radical (unpaired) electrons. The fraction of sp³-hybridized carbons (Fsp3) is 0.919. The summed E-state index contributed by atoms with van der Waals surface area (Å²) in [7, 11) is 9.61. The first-order valence-corrected chi connectivity index (χ1v) is 36.5. The molecule has 8 N–H and O–H groups in total. The maximum Gasteiger partial charge on any atom is 0.308 e. The van der Waals surface area contributed by atoms with Gasteiger partial charge in [-0.05, 0) is 103 Å². The van der Waals surface area contributed by atoms with Crippen molar-refractivity contribution < 1.29 is 107 Å². The highest BCUT2D eigenvalue weighted by molar-refractivity contribution is 5.70. The molecular weight excluding hydrogens is 1240 g/mol. The number of esters is 2. The van der Waals surface area contributed by atoms with Crippen molar-refractivity contribution in [3.05, 3.63) is 24.3 Å². The van der Waals surface area contributed by atoms with Crippen LogP contribution in [0.1, 0.15) is 198 Å². The molecule has 0 spiro atoms. The largest absolute Gasteiger partial charge is 0.462 e. The summed E-state index contributed by atoms with van der Waals surface area (Å²) >= 11 is 0. The van der Waals surface area contributed by atoms with Crippen molar-refractivity contribution in [2.45, 2.75) is 344 Å². The Morgan fingerprint density at radius 2 is 0.760 bits per heavy atom. The molecule has 22 heteroatoms. The van der Waals surface area contributed by atoms with Gasteiger partial charge in [-0.2, -0.15) is 0 Å². The third-order valence-electron chi connectivity index (χ3n) is 22.4. The molecular formula is C74H132O22. The minimum atomic E-state index is -1.21. The number of cyclic esters (lactones) is 2. The van der Waals surface area contributed by atoms with E-state index in [1.54, 1.807) is 56.1 Å². The summed E-state index contributed by atoms with van der Waals surface area (Å²) in [5, 5.41) is 95.2. The zero-order valence-corrected chi connectivity index (χ0v) is 61.2. The molecule has 0 aromatic carbocycles. The number of carbonyl (C=O) groups excluding carboxylic acids is 2. The summed E-state index contributed by atoms with van der Waals surface area (Å²) in [5.74, 6) is -5.92. The van der Waals surface area contributed by atoms with E-state index in [1.165, 1.54) is 14.2 Å². The summed E-state index contributed by atoms with van der Waals surface area (Å²) in [6, 6.07) is 0. The molecule has 5 aliphatic heterocycles. The van der Waals surface area contributed by atoms with Gasteiger partial charge in [-0.3, -0.25) is 9.59 Å². The SMILES string of the molecule is COC1CC(O)CC(=O)OC(C(C)C(O)C(C)CCC2CC(OC)CC(C)O2)C(C)C(O)CC(O)C(C)C(OC)CC2CC=CC(CC(OC)CC(O)CC(=O)OC(C(C)C(O)C(C)CCC3CC(OC)CC(C)O3)C(C)C(O)CC(O)C(C)C(OC)CC3CC=CC(C1)O3)O2. The first kappa shape index (κ1) is 84.4. The molecule has 3 saturated heterocycles. The Balaban J connectivity index is 1.38. The number of fused-ring (bicyclic) bond motifs is 4. The lowest BCUT2D eigenvalue weighted by Crippen LogP contribution is -2.46. The lowest BCUT2D eigenvalue weighted by molar-refractivity contribution is -0.167. The Labute approximate surface area is 575 Å². The van der Waals surface area contributed by atoms with Gasteiger partial charge in [0.15, 0.2) is 0 Å². The lowest BCUT2D eigenvalue weighted by Gasteiger charge is -2.38. The molecule has 96 heavy (non-hydrogen) atoms. The molecule has 0 amide bonds. The molecule has 32 atom stereocenters. The predicted molar refractivity (Wildman–Crippen MR) is 363 cm³/mol. The van der Waals surface area contributed by atoms with Crippen molar-refractivity contribution in [1.82, 2.24) is 0 Å². The standard InChI is InChI=1S/C74H132O22/c1-41(23-25-57-35-59(85-11)27-43(3)91-57)71(83)49(9)73-47(7)65(79)39-63(77)45(5)67(89-15)37-55-21-18-20-54(94-55)34-62(88-14)30-52(76)32-70(82)96-74(50(10)72(84)42(2)24-26-58-36-60(86-12)28-44(4)92-58)48(8)66(80)40-64(78)46(6)68(90-16)38-56-22-17-19-53(93-56)33-61(87-13)29-51(75)31-69(81)95-73/h17-20,41-68,71-80,83-84H,21-40H2,1-16H3. The number of aliphatic hydroxyl groups is 8. The quantitative estimate of drug-likeness (QED) is 0.0477. The lowest BCUT2D eigenvalue weighted by atomic mass is 9.78. The number of methoxy groups -OCH3 is 6. The Bertz CT molecular complexity index is 2080. The molecule has 0 aromatic heterocycles. The van der Waals surface area contributed by atoms with E-state index in [9.17, 15) is 50.4 Å². The zero-order valence-electron chi connectivity index (χ0n) is 61.2. The van der Waals surface area contributed by atoms with E-state index in [2.05, 4.69) is 0 Å². The van der Waals surface area contributed by atoms with E-state index in [1.807, 2.05) is 65.8 Å². The van der Waals surface area contributed by atoms with Gasteiger partial charge in [-0.1, -0.05) is 79.7 Å². The summed E-state index contributed by atoms with van der Waals surface area (Å²) in [4.78, 5) is 28.2. The van der Waals surface area contributed by atoms with Gasteiger partial charge in [0.25, 0.3) is 0 Å². The van der Waals surface area contributed by atoms with Crippen LogP contribution in [-0.4, -0.2) is 242 Å². The van der Waals surface area contributed by atoms with Gasteiger partial charge in [0.05, 0.1) is 147 Å². The van der Waals surface area contributed by atoms with Crippen LogP contribution in [0.25, 0.3) is 0 Å². The van der Waals surface area contributed by atoms with E-state index in [4.69, 9.17) is 56.8 Å². The van der Waals surface area contributed by atoms with Crippen LogP contribution >= 0.6 is 0 Å². The van der Waals surface area contributed by atoms with Crippen LogP contribution in [0.4, 0.5) is 0 Å². The van der Waals surface area contributed by atoms with E-state index in [-0.39, 0.29) is 86.4 Å². The Morgan fingerprint density at radius 1 is 0.427 bits per heavy atom. The summed E-state index contributed by atoms with van der Waals surface area (Å²) in [6.45, 7) is 18.7. The average Bonchev–Trinajstić information content (AvgIpc) is 0.940. The molecule has 0 aromatic rings. The Morgan fingerprint density at radius 3 is 1.09 bits per heavy atom. The second kappa shape index (κ2) is 42.3. The van der Waals surface area contributed by atoms with E-state index < -0.39 is 158 Å². The molecule has 0 saturated carbocycles. The number of aliphatic hydroxyl groups excluding tert-OH is 8. The van der Waals surface area contributed by atoms with Crippen LogP contribution in [0.3, 0.4) is 0 Å². The average molecular weight is 1370 g/mol. The van der Waals surface area contributed by atoms with Crippen molar-refractivity contribution in [3.63, 3.8) is 0 Å². The zero-order chi connectivity index (χ0) is 71.1. The van der Waals surface area contributed by atoms with Crippen molar-refractivity contribution >= 4 is 11.9 Å². The van der Waals surface area contributed by atoms with Gasteiger partial charge in [0.2, 0.25) is 0 Å². The van der Waals surface area contributed by atoms with Crippen molar-refractivity contribution in [2.75, 3.05) is 42.7 Å². The highest BCUT2D eigenvalue weighted by Gasteiger charge is 2.43. The van der Waals surface area contributed by atoms with Gasteiger partial charge < -0.3 is 97.7 Å². The van der Waals surface area contributed by atoms with E-state index in [0.717, 1.165) is 25.7 Å². The maximum atomic E-state index is 14.1. The second-order valence-corrected chi connectivity index (χ2v) is 30.0. The van der Waals surface area contributed by atoms with Crippen LogP contribution in [-0.2, 0) is 66.4 Å². The van der Waals surface area contributed by atoms with Gasteiger partial charge in [0, 0.05) is 117 Å². The number of ether oxygens (including phenoxy) is 12. The van der Waals surface area contributed by atoms with Gasteiger partial charge in [-0.15, -0.1) is 0 Å². The normalized spacial score (nSPS) is 41.4. The van der Waals surface area contributed by atoms with E-state index >= 15 is 0 Å². The molecule has 4 bridgehead atoms. The molecule has 3 fully saturated rings.